The summed E-state index contributed by atoms with van der Waals surface area (Å²) in [5.74, 6) is -0.538. The third-order valence-electron chi connectivity index (χ3n) is 3.77. The van der Waals surface area contributed by atoms with Gasteiger partial charge in [0.15, 0.2) is 6.10 Å². The van der Waals surface area contributed by atoms with E-state index in [0.717, 1.165) is 0 Å². The van der Waals surface area contributed by atoms with Gasteiger partial charge in [0, 0.05) is 5.56 Å². The molecule has 0 saturated carbocycles. The average molecular weight is 368 g/mol. The van der Waals surface area contributed by atoms with Gasteiger partial charge in [-0.05, 0) is 55.5 Å². The minimum atomic E-state index is -1.03. The maximum atomic E-state index is 12.9. The number of halogens is 1. The highest BCUT2D eigenvalue weighted by Crippen LogP contribution is 2.16. The predicted molar refractivity (Wildman–Crippen MR) is 95.1 cm³/mol. The Morgan fingerprint density at radius 2 is 1.70 bits per heavy atom. The number of rotatable bonds is 7. The Balaban J connectivity index is 1.57. The molecule has 1 atom stereocenters. The van der Waals surface area contributed by atoms with Crippen LogP contribution < -0.4 is 4.74 Å². The fraction of sp³-hybridized carbons (Fsp3) is 0.143. The number of furan rings is 1. The average Bonchev–Trinajstić information content (AvgIpc) is 3.16. The highest BCUT2D eigenvalue weighted by atomic mass is 19.1. The van der Waals surface area contributed by atoms with Gasteiger partial charge in [-0.3, -0.25) is 4.79 Å². The van der Waals surface area contributed by atoms with Gasteiger partial charge in [0.05, 0.1) is 0 Å². The predicted octanol–water partition coefficient (Wildman–Crippen LogP) is 4.43. The summed E-state index contributed by atoms with van der Waals surface area (Å²) in [5.41, 5.74) is 0.257. The summed E-state index contributed by atoms with van der Waals surface area (Å²) in [4.78, 5) is 24.4. The van der Waals surface area contributed by atoms with Gasteiger partial charge in [0.1, 0.15) is 23.9 Å². The van der Waals surface area contributed by atoms with Crippen LogP contribution in [0.5, 0.6) is 5.75 Å². The molecular weight excluding hydrogens is 351 g/mol. The van der Waals surface area contributed by atoms with Gasteiger partial charge < -0.3 is 13.9 Å². The number of hydrogen-bond donors (Lipinski definition) is 0. The lowest BCUT2D eigenvalue weighted by molar-refractivity contribution is 0.0286. The van der Waals surface area contributed by atoms with Gasteiger partial charge in [-0.25, -0.2) is 9.18 Å². The van der Waals surface area contributed by atoms with Crippen molar-refractivity contribution in [1.29, 1.82) is 0 Å². The number of Topliss-reactive ketones (excluding diaryl/α,β-unsaturated/α-hetero) is 1. The molecule has 0 aliphatic heterocycles. The monoisotopic (exact) mass is 368 g/mol. The van der Waals surface area contributed by atoms with E-state index in [1.54, 1.807) is 18.2 Å². The zero-order valence-corrected chi connectivity index (χ0v) is 14.6. The first-order chi connectivity index (χ1) is 13.0. The van der Waals surface area contributed by atoms with E-state index in [1.165, 1.54) is 37.3 Å². The molecule has 1 heterocycles. The minimum absolute atomic E-state index is 0.0274. The Labute approximate surface area is 155 Å². The van der Waals surface area contributed by atoms with Crippen molar-refractivity contribution in [2.75, 3.05) is 0 Å². The summed E-state index contributed by atoms with van der Waals surface area (Å²) in [6, 6.07) is 17.3. The summed E-state index contributed by atoms with van der Waals surface area (Å²) in [6.07, 6.45) is -1.03. The maximum absolute atomic E-state index is 12.9. The fourth-order valence-electron chi connectivity index (χ4n) is 2.36. The smallest absolute Gasteiger partial charge is 0.374 e. The summed E-state index contributed by atoms with van der Waals surface area (Å²) in [5, 5.41) is 0. The lowest BCUT2D eigenvalue weighted by Gasteiger charge is -2.11. The third kappa shape index (κ3) is 4.82. The number of benzene rings is 2. The molecule has 1 unspecified atom stereocenters. The Hall–Kier alpha value is -3.41. The largest absolute Gasteiger partial charge is 0.486 e. The van der Waals surface area contributed by atoms with Crippen LogP contribution in [0, 0.1) is 5.82 Å². The number of carbonyl (C=O) groups is 2. The van der Waals surface area contributed by atoms with E-state index in [1.807, 2.05) is 18.2 Å². The van der Waals surface area contributed by atoms with Crippen LogP contribution in [-0.4, -0.2) is 17.9 Å². The molecule has 0 aliphatic rings. The van der Waals surface area contributed by atoms with E-state index in [4.69, 9.17) is 13.9 Å². The molecule has 0 aliphatic carbocycles. The van der Waals surface area contributed by atoms with E-state index in [2.05, 4.69) is 0 Å². The van der Waals surface area contributed by atoms with Gasteiger partial charge in [0.2, 0.25) is 11.5 Å². The number of hydrogen-bond acceptors (Lipinski definition) is 5. The van der Waals surface area contributed by atoms with Crippen molar-refractivity contribution >= 4 is 11.8 Å². The lowest BCUT2D eigenvalue weighted by atomic mass is 10.1. The van der Waals surface area contributed by atoms with Gasteiger partial charge in [-0.15, -0.1) is 0 Å². The highest BCUT2D eigenvalue weighted by molar-refractivity contribution is 6.01. The van der Waals surface area contributed by atoms with Crippen LogP contribution in [0.15, 0.2) is 71.1 Å². The molecule has 3 aromatic rings. The molecule has 138 valence electrons. The summed E-state index contributed by atoms with van der Waals surface area (Å²) in [7, 11) is 0. The van der Waals surface area contributed by atoms with Gasteiger partial charge >= 0.3 is 5.97 Å². The van der Waals surface area contributed by atoms with Crippen LogP contribution in [0.3, 0.4) is 0 Å². The number of ketones is 1. The topological polar surface area (TPSA) is 65.7 Å². The van der Waals surface area contributed by atoms with E-state index in [9.17, 15) is 14.0 Å². The van der Waals surface area contributed by atoms with Crippen LogP contribution >= 0.6 is 0 Å². The standard InChI is InChI=1S/C21H17FO5/c1-14(20(23)15-7-9-16(22)10-8-15)26-21(24)19-12-11-18(27-19)13-25-17-5-3-2-4-6-17/h2-12,14H,13H2,1H3. The molecule has 27 heavy (non-hydrogen) atoms. The molecule has 6 heteroatoms. The van der Waals surface area contributed by atoms with E-state index < -0.39 is 23.7 Å². The number of carbonyl (C=O) groups excluding carboxylic acids is 2. The molecule has 0 amide bonds. The fourth-order valence-corrected chi connectivity index (χ4v) is 2.36. The quantitative estimate of drug-likeness (QED) is 0.456. The first-order valence-electron chi connectivity index (χ1n) is 8.30. The van der Waals surface area contributed by atoms with E-state index in [0.29, 0.717) is 11.5 Å². The Morgan fingerprint density at radius 3 is 2.41 bits per heavy atom. The molecular formula is C21H17FO5. The molecule has 0 radical (unpaired) electrons. The summed E-state index contributed by atoms with van der Waals surface area (Å²) < 4.78 is 29.0. The molecule has 0 fully saturated rings. The molecule has 0 bridgehead atoms. The van der Waals surface area contributed by atoms with E-state index in [-0.39, 0.29) is 17.9 Å². The first-order valence-corrected chi connectivity index (χ1v) is 8.30. The number of ether oxygens (including phenoxy) is 2. The SMILES string of the molecule is CC(OC(=O)c1ccc(COc2ccccc2)o1)C(=O)c1ccc(F)cc1. The normalized spacial score (nSPS) is 11.6. The molecule has 0 N–H and O–H groups in total. The third-order valence-corrected chi connectivity index (χ3v) is 3.77. The molecule has 1 aromatic heterocycles. The van der Waals surface area contributed by atoms with Crippen LogP contribution in [0.1, 0.15) is 33.6 Å². The zero-order valence-electron chi connectivity index (χ0n) is 14.6. The zero-order chi connectivity index (χ0) is 19.2. The van der Waals surface area contributed by atoms with Crippen molar-refractivity contribution in [3.8, 4) is 5.75 Å². The number of para-hydroxylation sites is 1. The van der Waals surface area contributed by atoms with Crippen LogP contribution in [-0.2, 0) is 11.3 Å². The van der Waals surface area contributed by atoms with Gasteiger partial charge in [-0.2, -0.15) is 0 Å². The van der Waals surface area contributed by atoms with E-state index >= 15 is 0 Å². The first kappa shape index (κ1) is 18.4. The van der Waals surface area contributed by atoms with Crippen LogP contribution in [0.4, 0.5) is 4.39 Å². The van der Waals surface area contributed by atoms with Crippen LogP contribution in [0.25, 0.3) is 0 Å². The van der Waals surface area contributed by atoms with Crippen LogP contribution in [0.2, 0.25) is 0 Å². The molecule has 0 spiro atoms. The highest BCUT2D eigenvalue weighted by Gasteiger charge is 2.22. The lowest BCUT2D eigenvalue weighted by Crippen LogP contribution is -2.24. The van der Waals surface area contributed by atoms with Gasteiger partial charge in [-0.1, -0.05) is 18.2 Å². The summed E-state index contributed by atoms with van der Waals surface area (Å²) >= 11 is 0. The summed E-state index contributed by atoms with van der Waals surface area (Å²) in [6.45, 7) is 1.60. The second-order valence-corrected chi connectivity index (χ2v) is 5.79. The number of esters is 1. The van der Waals surface area contributed by atoms with Crippen molar-refractivity contribution in [3.05, 3.63) is 89.6 Å². The maximum Gasteiger partial charge on any atom is 0.374 e. The Kier molecular flexibility index (Phi) is 5.66. The van der Waals surface area contributed by atoms with Gasteiger partial charge in [0.25, 0.3) is 0 Å². The van der Waals surface area contributed by atoms with Crippen molar-refractivity contribution in [3.63, 3.8) is 0 Å². The molecule has 2 aromatic carbocycles. The molecule has 5 nitrogen and oxygen atoms in total. The molecule has 0 saturated heterocycles. The van der Waals surface area contributed by atoms with Crippen molar-refractivity contribution in [2.45, 2.75) is 19.6 Å². The second kappa shape index (κ2) is 8.31. The van der Waals surface area contributed by atoms with Crippen molar-refractivity contribution in [1.82, 2.24) is 0 Å². The van der Waals surface area contributed by atoms with Crippen molar-refractivity contribution < 1.29 is 27.9 Å². The van der Waals surface area contributed by atoms with Crippen molar-refractivity contribution in [2.24, 2.45) is 0 Å². The molecule has 3 rings (SSSR count). The second-order valence-electron chi connectivity index (χ2n) is 5.79. The Morgan fingerprint density at radius 1 is 1.00 bits per heavy atom. The Bertz CT molecular complexity index is 915. The minimum Gasteiger partial charge on any atom is -0.486 e.